The largest absolute Gasteiger partial charge is 0.481 e. The average Bonchev–Trinajstić information content (AvgIpc) is 2.77. The molecule has 0 aliphatic rings. The van der Waals surface area contributed by atoms with Crippen LogP contribution in [0.1, 0.15) is 11.3 Å². The summed E-state index contributed by atoms with van der Waals surface area (Å²) in [7, 11) is 0. The van der Waals surface area contributed by atoms with Crippen LogP contribution in [0.5, 0.6) is 0 Å². The Bertz CT molecular complexity index is 522. The molecule has 0 radical (unpaired) electrons. The Hall–Kier alpha value is -1.20. The lowest BCUT2D eigenvalue weighted by Crippen LogP contribution is -1.99. The number of thiazole rings is 1. The van der Waals surface area contributed by atoms with Crippen molar-refractivity contribution in [1.29, 1.82) is 0 Å². The maximum absolute atomic E-state index is 10.6. The standard InChI is InChI=1S/C12H10BrNO2S/c13-6-8-1-3-9(4-2-8)12-14-10(7-17-12)5-11(15)16/h1-4,7H,5-6H2,(H,15,16). The molecule has 0 saturated heterocycles. The number of hydrogen-bond donors (Lipinski definition) is 1. The molecule has 5 heteroatoms. The number of alkyl halides is 1. The minimum absolute atomic E-state index is 0.0179. The first kappa shape index (κ1) is 12.3. The van der Waals surface area contributed by atoms with Crippen molar-refractivity contribution in [2.75, 3.05) is 0 Å². The first-order chi connectivity index (χ1) is 8.19. The van der Waals surface area contributed by atoms with E-state index < -0.39 is 5.97 Å². The molecule has 0 unspecified atom stereocenters. The Morgan fingerprint density at radius 3 is 2.65 bits per heavy atom. The van der Waals surface area contributed by atoms with Crippen molar-refractivity contribution in [2.24, 2.45) is 0 Å². The van der Waals surface area contributed by atoms with Gasteiger partial charge in [0.2, 0.25) is 0 Å². The zero-order valence-corrected chi connectivity index (χ0v) is 11.3. The lowest BCUT2D eigenvalue weighted by molar-refractivity contribution is -0.136. The van der Waals surface area contributed by atoms with Gasteiger partial charge in [0.25, 0.3) is 0 Å². The molecule has 2 aromatic rings. The number of benzene rings is 1. The number of halogens is 1. The van der Waals surface area contributed by atoms with Crippen LogP contribution in [0, 0.1) is 0 Å². The molecule has 0 aliphatic carbocycles. The van der Waals surface area contributed by atoms with Gasteiger partial charge in [-0.3, -0.25) is 4.79 Å². The van der Waals surface area contributed by atoms with Crippen LogP contribution in [0.2, 0.25) is 0 Å². The summed E-state index contributed by atoms with van der Waals surface area (Å²) in [5.74, 6) is -0.850. The third-order valence-corrected chi connectivity index (χ3v) is 3.83. The van der Waals surface area contributed by atoms with E-state index in [1.165, 1.54) is 16.9 Å². The predicted octanol–water partition coefficient (Wildman–Crippen LogP) is 3.33. The molecule has 0 fully saturated rings. The Labute approximate surface area is 111 Å². The van der Waals surface area contributed by atoms with Gasteiger partial charge in [-0.2, -0.15) is 0 Å². The number of carboxylic acids is 1. The molecule has 17 heavy (non-hydrogen) atoms. The van der Waals surface area contributed by atoms with Gasteiger partial charge in [0.1, 0.15) is 5.01 Å². The molecule has 3 nitrogen and oxygen atoms in total. The Morgan fingerprint density at radius 1 is 1.35 bits per heavy atom. The van der Waals surface area contributed by atoms with Crippen LogP contribution in [-0.4, -0.2) is 16.1 Å². The molecule has 0 aliphatic heterocycles. The van der Waals surface area contributed by atoms with Crippen LogP contribution in [0.4, 0.5) is 0 Å². The summed E-state index contributed by atoms with van der Waals surface area (Å²) in [6.45, 7) is 0. The number of hydrogen-bond acceptors (Lipinski definition) is 3. The lowest BCUT2D eigenvalue weighted by Gasteiger charge is -1.98. The maximum atomic E-state index is 10.6. The van der Waals surface area contributed by atoms with Crippen LogP contribution in [0.3, 0.4) is 0 Å². The van der Waals surface area contributed by atoms with Crippen molar-refractivity contribution in [1.82, 2.24) is 4.98 Å². The fourth-order valence-electron chi connectivity index (χ4n) is 1.41. The first-order valence-electron chi connectivity index (χ1n) is 5.00. The third-order valence-electron chi connectivity index (χ3n) is 2.24. The van der Waals surface area contributed by atoms with Crippen molar-refractivity contribution in [3.8, 4) is 10.6 Å². The van der Waals surface area contributed by atoms with Gasteiger partial charge in [0.05, 0.1) is 12.1 Å². The summed E-state index contributed by atoms with van der Waals surface area (Å²) >= 11 is 4.86. The second-order valence-electron chi connectivity index (χ2n) is 3.55. The van der Waals surface area contributed by atoms with E-state index in [9.17, 15) is 4.79 Å². The highest BCUT2D eigenvalue weighted by Gasteiger charge is 2.07. The molecule has 0 spiro atoms. The molecule has 2 rings (SSSR count). The monoisotopic (exact) mass is 311 g/mol. The summed E-state index contributed by atoms with van der Waals surface area (Å²) in [6, 6.07) is 8.06. The molecular formula is C12H10BrNO2S. The maximum Gasteiger partial charge on any atom is 0.309 e. The number of aliphatic carboxylic acids is 1. The van der Waals surface area contributed by atoms with Crippen molar-refractivity contribution < 1.29 is 9.90 Å². The second-order valence-corrected chi connectivity index (χ2v) is 4.96. The fraction of sp³-hybridized carbons (Fsp3) is 0.167. The van der Waals surface area contributed by atoms with Crippen molar-refractivity contribution >= 4 is 33.2 Å². The van der Waals surface area contributed by atoms with E-state index in [4.69, 9.17) is 5.11 Å². The minimum Gasteiger partial charge on any atom is -0.481 e. The Kier molecular flexibility index (Phi) is 3.91. The Balaban J connectivity index is 2.21. The molecule has 0 amide bonds. The van der Waals surface area contributed by atoms with Gasteiger partial charge in [0.15, 0.2) is 0 Å². The molecule has 88 valence electrons. The fourth-order valence-corrected chi connectivity index (χ4v) is 2.61. The highest BCUT2D eigenvalue weighted by molar-refractivity contribution is 9.08. The van der Waals surface area contributed by atoms with E-state index in [-0.39, 0.29) is 6.42 Å². The zero-order valence-electron chi connectivity index (χ0n) is 8.89. The van der Waals surface area contributed by atoms with Gasteiger partial charge >= 0.3 is 5.97 Å². The topological polar surface area (TPSA) is 50.2 Å². The highest BCUT2D eigenvalue weighted by Crippen LogP contribution is 2.24. The molecule has 1 heterocycles. The van der Waals surface area contributed by atoms with Gasteiger partial charge in [0, 0.05) is 16.3 Å². The number of rotatable bonds is 4. The van der Waals surface area contributed by atoms with Crippen molar-refractivity contribution in [3.63, 3.8) is 0 Å². The SMILES string of the molecule is O=C(O)Cc1csc(-c2ccc(CBr)cc2)n1. The molecule has 1 aromatic carbocycles. The number of carbonyl (C=O) groups is 1. The molecular weight excluding hydrogens is 302 g/mol. The van der Waals surface area contributed by atoms with Crippen LogP contribution >= 0.6 is 27.3 Å². The van der Waals surface area contributed by atoms with Gasteiger partial charge < -0.3 is 5.11 Å². The van der Waals surface area contributed by atoms with E-state index in [2.05, 4.69) is 20.9 Å². The van der Waals surface area contributed by atoms with Gasteiger partial charge in [-0.25, -0.2) is 4.98 Å². The molecule has 0 saturated carbocycles. The van der Waals surface area contributed by atoms with E-state index in [1.54, 1.807) is 5.38 Å². The third kappa shape index (κ3) is 3.14. The number of carboxylic acid groups (broad SMARTS) is 1. The average molecular weight is 312 g/mol. The summed E-state index contributed by atoms with van der Waals surface area (Å²) in [5.41, 5.74) is 2.84. The van der Waals surface area contributed by atoms with Gasteiger partial charge in [-0.15, -0.1) is 11.3 Å². The van der Waals surface area contributed by atoms with Gasteiger partial charge in [-0.05, 0) is 5.56 Å². The van der Waals surface area contributed by atoms with E-state index >= 15 is 0 Å². The molecule has 0 bridgehead atoms. The predicted molar refractivity (Wildman–Crippen MR) is 71.5 cm³/mol. The quantitative estimate of drug-likeness (QED) is 0.881. The Morgan fingerprint density at radius 2 is 2.06 bits per heavy atom. The van der Waals surface area contributed by atoms with Crippen LogP contribution < -0.4 is 0 Å². The summed E-state index contributed by atoms with van der Waals surface area (Å²) < 4.78 is 0. The summed E-state index contributed by atoms with van der Waals surface area (Å²) in [6.07, 6.45) is -0.0179. The molecule has 1 N–H and O–H groups in total. The van der Waals surface area contributed by atoms with Gasteiger partial charge in [-0.1, -0.05) is 40.2 Å². The second kappa shape index (κ2) is 5.42. The first-order valence-corrected chi connectivity index (χ1v) is 7.00. The van der Waals surface area contributed by atoms with E-state index in [0.717, 1.165) is 15.9 Å². The minimum atomic E-state index is -0.850. The number of aromatic nitrogens is 1. The molecule has 1 aromatic heterocycles. The zero-order chi connectivity index (χ0) is 12.3. The summed E-state index contributed by atoms with van der Waals surface area (Å²) in [4.78, 5) is 14.9. The normalized spacial score (nSPS) is 10.4. The van der Waals surface area contributed by atoms with Crippen LogP contribution in [0.15, 0.2) is 29.6 Å². The van der Waals surface area contributed by atoms with Crippen molar-refractivity contribution in [3.05, 3.63) is 40.9 Å². The van der Waals surface area contributed by atoms with E-state index in [0.29, 0.717) is 5.69 Å². The lowest BCUT2D eigenvalue weighted by atomic mass is 10.2. The van der Waals surface area contributed by atoms with Crippen molar-refractivity contribution in [2.45, 2.75) is 11.8 Å². The van der Waals surface area contributed by atoms with Crippen LogP contribution in [-0.2, 0) is 16.5 Å². The highest BCUT2D eigenvalue weighted by atomic mass is 79.9. The smallest absolute Gasteiger partial charge is 0.309 e. The number of nitrogens with zero attached hydrogens (tertiary/aromatic N) is 1. The molecule has 0 atom stereocenters. The van der Waals surface area contributed by atoms with Crippen LogP contribution in [0.25, 0.3) is 10.6 Å². The summed E-state index contributed by atoms with van der Waals surface area (Å²) in [5, 5.41) is 12.2. The van der Waals surface area contributed by atoms with E-state index in [1.807, 2.05) is 24.3 Å².